The van der Waals surface area contributed by atoms with Gasteiger partial charge in [0.2, 0.25) is 0 Å². The summed E-state index contributed by atoms with van der Waals surface area (Å²) in [6.07, 6.45) is 1.78. The van der Waals surface area contributed by atoms with Crippen LogP contribution in [0.1, 0.15) is 18.5 Å². The van der Waals surface area contributed by atoms with Gasteiger partial charge in [-0.25, -0.2) is 4.39 Å². The summed E-state index contributed by atoms with van der Waals surface area (Å²) >= 11 is 5.37. The second-order valence-corrected chi connectivity index (χ2v) is 3.27. The Morgan fingerprint density at radius 1 is 1.50 bits per heavy atom. The maximum atomic E-state index is 13.3. The molecule has 1 aromatic rings. The van der Waals surface area contributed by atoms with Gasteiger partial charge in [0.1, 0.15) is 5.82 Å². The van der Waals surface area contributed by atoms with Gasteiger partial charge in [-0.05, 0) is 13.0 Å². The summed E-state index contributed by atoms with van der Waals surface area (Å²) in [6.45, 7) is 2.56. The van der Waals surface area contributed by atoms with Gasteiger partial charge < -0.3 is 5.32 Å². The van der Waals surface area contributed by atoms with Gasteiger partial charge >= 0.3 is 0 Å². The summed E-state index contributed by atoms with van der Waals surface area (Å²) in [7, 11) is 0. The third-order valence-corrected chi connectivity index (χ3v) is 2.18. The summed E-state index contributed by atoms with van der Waals surface area (Å²) in [5.74, 6) is -0.178. The molecule has 0 saturated heterocycles. The maximum Gasteiger partial charge on any atom is 0.127 e. The Hall–Kier alpha value is -0.860. The predicted molar refractivity (Wildman–Crippen MR) is 57.8 cm³/mol. The summed E-state index contributed by atoms with van der Waals surface area (Å²) in [5.41, 5.74) is 2.12. The van der Waals surface area contributed by atoms with Crippen molar-refractivity contribution in [2.45, 2.75) is 13.0 Å². The lowest BCUT2D eigenvalue weighted by Gasteiger charge is -2.13. The number of rotatable bonds is 4. The molecule has 76 valence electrons. The Kier molecular flexibility index (Phi) is 4.63. The summed E-state index contributed by atoms with van der Waals surface area (Å²) in [6, 6.07) is 6.74. The first-order chi connectivity index (χ1) is 6.75. The third-order valence-electron chi connectivity index (χ3n) is 2.00. The number of nitrogens with one attached hydrogen (secondary N) is 1. The Labute approximate surface area is 88.6 Å². The van der Waals surface area contributed by atoms with E-state index in [-0.39, 0.29) is 11.9 Å². The van der Waals surface area contributed by atoms with E-state index in [1.54, 1.807) is 18.2 Å². The first kappa shape index (κ1) is 11.2. The molecule has 0 fully saturated rings. The van der Waals surface area contributed by atoms with Crippen molar-refractivity contribution >= 4 is 11.6 Å². The molecule has 0 aromatic heterocycles. The van der Waals surface area contributed by atoms with Crippen LogP contribution in [0.5, 0.6) is 0 Å². The fourth-order valence-electron chi connectivity index (χ4n) is 1.23. The van der Waals surface area contributed by atoms with Gasteiger partial charge in [0.25, 0.3) is 0 Å². The second-order valence-electron chi connectivity index (χ2n) is 3.01. The van der Waals surface area contributed by atoms with E-state index in [1.165, 1.54) is 11.6 Å². The SMILES string of the molecule is CC(NC/C=C/Cl)c1ccccc1F. The van der Waals surface area contributed by atoms with E-state index < -0.39 is 0 Å². The minimum absolute atomic E-state index is 0.0101. The van der Waals surface area contributed by atoms with Crippen LogP contribution >= 0.6 is 11.6 Å². The van der Waals surface area contributed by atoms with Gasteiger partial charge in [-0.15, -0.1) is 0 Å². The molecule has 0 bridgehead atoms. The van der Waals surface area contributed by atoms with Crippen LogP contribution < -0.4 is 5.32 Å². The molecule has 0 aliphatic heterocycles. The minimum Gasteiger partial charge on any atom is -0.307 e. The number of halogens is 2. The Morgan fingerprint density at radius 3 is 2.86 bits per heavy atom. The van der Waals surface area contributed by atoms with Crippen LogP contribution in [0.25, 0.3) is 0 Å². The van der Waals surface area contributed by atoms with Crippen LogP contribution in [0.15, 0.2) is 35.9 Å². The topological polar surface area (TPSA) is 12.0 Å². The molecule has 1 aromatic carbocycles. The van der Waals surface area contributed by atoms with Crippen LogP contribution in [0.3, 0.4) is 0 Å². The van der Waals surface area contributed by atoms with Crippen molar-refractivity contribution in [2.24, 2.45) is 0 Å². The molecule has 14 heavy (non-hydrogen) atoms. The van der Waals surface area contributed by atoms with Crippen molar-refractivity contribution in [3.05, 3.63) is 47.3 Å². The van der Waals surface area contributed by atoms with Gasteiger partial charge in [0.05, 0.1) is 0 Å². The van der Waals surface area contributed by atoms with Crippen LogP contribution in [0.2, 0.25) is 0 Å². The summed E-state index contributed by atoms with van der Waals surface area (Å²) < 4.78 is 13.3. The number of benzene rings is 1. The fourth-order valence-corrected chi connectivity index (χ4v) is 1.31. The van der Waals surface area contributed by atoms with Gasteiger partial charge in [-0.3, -0.25) is 0 Å². The highest BCUT2D eigenvalue weighted by Crippen LogP contribution is 2.15. The van der Waals surface area contributed by atoms with E-state index in [2.05, 4.69) is 5.32 Å². The second kappa shape index (κ2) is 5.78. The standard InChI is InChI=1S/C11H13ClFN/c1-9(14-8-4-7-12)10-5-2-3-6-11(10)13/h2-7,9,14H,8H2,1H3/b7-4+. The highest BCUT2D eigenvalue weighted by atomic mass is 35.5. The largest absolute Gasteiger partial charge is 0.307 e. The molecule has 0 radical (unpaired) electrons. The third kappa shape index (κ3) is 3.13. The number of hydrogen-bond acceptors (Lipinski definition) is 1. The zero-order valence-electron chi connectivity index (χ0n) is 8.00. The van der Waals surface area contributed by atoms with Crippen LogP contribution in [-0.4, -0.2) is 6.54 Å². The molecular formula is C11H13ClFN. The van der Waals surface area contributed by atoms with E-state index in [0.29, 0.717) is 12.1 Å². The average Bonchev–Trinajstić information content (AvgIpc) is 2.18. The van der Waals surface area contributed by atoms with Gasteiger partial charge in [-0.1, -0.05) is 35.9 Å². The van der Waals surface area contributed by atoms with Crippen molar-refractivity contribution < 1.29 is 4.39 Å². The van der Waals surface area contributed by atoms with E-state index in [9.17, 15) is 4.39 Å². The first-order valence-electron chi connectivity index (χ1n) is 4.48. The normalized spacial score (nSPS) is 13.4. The Balaban J connectivity index is 2.60. The van der Waals surface area contributed by atoms with Crippen molar-refractivity contribution in [3.8, 4) is 0 Å². The first-order valence-corrected chi connectivity index (χ1v) is 4.92. The highest BCUT2D eigenvalue weighted by molar-refractivity contribution is 6.25. The Bertz CT molecular complexity index is 312. The van der Waals surface area contributed by atoms with E-state index in [1.807, 2.05) is 13.0 Å². The highest BCUT2D eigenvalue weighted by Gasteiger charge is 2.07. The lowest BCUT2D eigenvalue weighted by atomic mass is 10.1. The molecule has 0 saturated carbocycles. The van der Waals surface area contributed by atoms with E-state index in [4.69, 9.17) is 11.6 Å². The Morgan fingerprint density at radius 2 is 2.21 bits per heavy atom. The molecule has 0 spiro atoms. The fraction of sp³-hybridized carbons (Fsp3) is 0.273. The number of hydrogen-bond donors (Lipinski definition) is 1. The summed E-state index contributed by atoms with van der Waals surface area (Å²) in [4.78, 5) is 0. The summed E-state index contributed by atoms with van der Waals surface area (Å²) in [5, 5.41) is 3.13. The molecule has 1 nitrogen and oxygen atoms in total. The van der Waals surface area contributed by atoms with E-state index >= 15 is 0 Å². The molecule has 0 amide bonds. The minimum atomic E-state index is -0.178. The molecule has 1 unspecified atom stereocenters. The van der Waals surface area contributed by atoms with Gasteiger partial charge in [0.15, 0.2) is 0 Å². The maximum absolute atomic E-state index is 13.3. The molecule has 0 heterocycles. The van der Waals surface area contributed by atoms with Gasteiger partial charge in [-0.2, -0.15) is 0 Å². The lowest BCUT2D eigenvalue weighted by Crippen LogP contribution is -2.19. The van der Waals surface area contributed by atoms with Gasteiger partial charge in [0, 0.05) is 23.7 Å². The molecule has 0 aliphatic rings. The van der Waals surface area contributed by atoms with Crippen LogP contribution in [0.4, 0.5) is 4.39 Å². The van der Waals surface area contributed by atoms with Crippen molar-refractivity contribution in [2.75, 3.05) is 6.54 Å². The van der Waals surface area contributed by atoms with Crippen LogP contribution in [-0.2, 0) is 0 Å². The zero-order chi connectivity index (χ0) is 10.4. The van der Waals surface area contributed by atoms with Crippen LogP contribution in [0, 0.1) is 5.82 Å². The molecule has 0 aliphatic carbocycles. The average molecular weight is 214 g/mol. The molecule has 1 N–H and O–H groups in total. The quantitative estimate of drug-likeness (QED) is 0.810. The predicted octanol–water partition coefficient (Wildman–Crippen LogP) is 3.23. The smallest absolute Gasteiger partial charge is 0.127 e. The van der Waals surface area contributed by atoms with Crippen molar-refractivity contribution in [1.29, 1.82) is 0 Å². The molecule has 3 heteroatoms. The molecule has 1 atom stereocenters. The zero-order valence-corrected chi connectivity index (χ0v) is 8.76. The molecular weight excluding hydrogens is 201 g/mol. The molecule has 1 rings (SSSR count). The van der Waals surface area contributed by atoms with Crippen molar-refractivity contribution in [1.82, 2.24) is 5.32 Å². The van der Waals surface area contributed by atoms with E-state index in [0.717, 1.165) is 0 Å². The monoisotopic (exact) mass is 213 g/mol. The lowest BCUT2D eigenvalue weighted by molar-refractivity contribution is 0.549. The van der Waals surface area contributed by atoms with Crippen molar-refractivity contribution in [3.63, 3.8) is 0 Å².